The van der Waals surface area contributed by atoms with Crippen molar-refractivity contribution in [2.75, 3.05) is 13.1 Å². The van der Waals surface area contributed by atoms with Crippen LogP contribution >= 0.6 is 40.3 Å². The fraction of sp³-hybridized carbons (Fsp3) is 0.300. The van der Waals surface area contributed by atoms with E-state index in [1.807, 2.05) is 18.2 Å². The van der Waals surface area contributed by atoms with Crippen LogP contribution in [0, 0.1) is 0 Å². The van der Waals surface area contributed by atoms with Crippen molar-refractivity contribution in [1.82, 2.24) is 5.32 Å². The lowest BCUT2D eigenvalue weighted by molar-refractivity contribution is 0.963. The highest BCUT2D eigenvalue weighted by Crippen LogP contribution is 2.17. The Labute approximate surface area is 109 Å². The summed E-state index contributed by atoms with van der Waals surface area (Å²) >= 11 is 7.61. The number of halogens is 2. The molecule has 0 amide bonds. The summed E-state index contributed by atoms with van der Waals surface area (Å²) in [7, 11) is 0. The Bertz CT molecular complexity index is 357. The summed E-state index contributed by atoms with van der Waals surface area (Å²) in [6, 6.07) is 7.93. The van der Waals surface area contributed by atoms with Gasteiger partial charge in [-0.05, 0) is 17.7 Å². The topological polar surface area (TPSA) is 24.4 Å². The van der Waals surface area contributed by atoms with Crippen LogP contribution in [-0.4, -0.2) is 18.3 Å². The molecule has 2 nitrogen and oxygen atoms in total. The molecule has 0 radical (unpaired) electrons. The molecular weight excluding hydrogens is 296 g/mol. The standard InChI is InChI=1S/C10H11ClN2S.BrH/c11-9-3-1-2-8(6-9)7-14-10-12-4-5-13-10;/h1-3,6H,4-5,7H2,(H,12,13);1H. The van der Waals surface area contributed by atoms with E-state index in [9.17, 15) is 0 Å². The van der Waals surface area contributed by atoms with E-state index in [4.69, 9.17) is 11.6 Å². The van der Waals surface area contributed by atoms with Crippen molar-refractivity contribution < 1.29 is 0 Å². The number of nitrogens with zero attached hydrogens (tertiary/aromatic N) is 1. The van der Waals surface area contributed by atoms with E-state index in [0.717, 1.165) is 29.0 Å². The smallest absolute Gasteiger partial charge is 0.157 e. The number of rotatable bonds is 2. The quantitative estimate of drug-likeness (QED) is 0.908. The Morgan fingerprint density at radius 3 is 3.00 bits per heavy atom. The third kappa shape index (κ3) is 4.05. The van der Waals surface area contributed by atoms with Gasteiger partial charge in [0.05, 0.1) is 6.54 Å². The van der Waals surface area contributed by atoms with Crippen LogP contribution in [-0.2, 0) is 5.75 Å². The van der Waals surface area contributed by atoms with Crippen LogP contribution < -0.4 is 5.32 Å². The average Bonchev–Trinajstić information content (AvgIpc) is 2.67. The van der Waals surface area contributed by atoms with Gasteiger partial charge in [-0.1, -0.05) is 35.5 Å². The highest BCUT2D eigenvalue weighted by atomic mass is 79.9. The molecule has 1 heterocycles. The zero-order chi connectivity index (χ0) is 9.80. The van der Waals surface area contributed by atoms with E-state index in [0.29, 0.717) is 0 Å². The molecule has 0 fully saturated rings. The van der Waals surface area contributed by atoms with E-state index in [1.54, 1.807) is 11.8 Å². The summed E-state index contributed by atoms with van der Waals surface area (Å²) in [5.41, 5.74) is 1.24. The molecule has 0 spiro atoms. The largest absolute Gasteiger partial charge is 0.363 e. The summed E-state index contributed by atoms with van der Waals surface area (Å²) in [5, 5.41) is 5.06. The lowest BCUT2D eigenvalue weighted by Gasteiger charge is -2.02. The highest BCUT2D eigenvalue weighted by molar-refractivity contribution is 8.93. The molecule has 1 aromatic carbocycles. The zero-order valence-corrected chi connectivity index (χ0v) is 11.4. The zero-order valence-electron chi connectivity index (χ0n) is 8.07. The van der Waals surface area contributed by atoms with E-state index in [1.165, 1.54) is 5.56 Å². The molecule has 1 aliphatic heterocycles. The maximum absolute atomic E-state index is 5.89. The molecule has 0 unspecified atom stereocenters. The molecule has 2 rings (SSSR count). The van der Waals surface area contributed by atoms with E-state index < -0.39 is 0 Å². The number of nitrogens with one attached hydrogen (secondary N) is 1. The van der Waals surface area contributed by atoms with Gasteiger partial charge in [-0.25, -0.2) is 0 Å². The maximum atomic E-state index is 5.89. The van der Waals surface area contributed by atoms with Crippen molar-refractivity contribution in [2.45, 2.75) is 5.75 Å². The molecule has 0 saturated heterocycles. The maximum Gasteiger partial charge on any atom is 0.157 e. The molecule has 82 valence electrons. The number of thioether (sulfide) groups is 1. The minimum Gasteiger partial charge on any atom is -0.363 e. The molecular formula is C10H12BrClN2S. The van der Waals surface area contributed by atoms with Gasteiger partial charge in [-0.15, -0.1) is 17.0 Å². The summed E-state index contributed by atoms with van der Waals surface area (Å²) in [5.74, 6) is 0.923. The van der Waals surface area contributed by atoms with Crippen LogP contribution in [0.4, 0.5) is 0 Å². The molecule has 0 aromatic heterocycles. The molecule has 5 heteroatoms. The summed E-state index contributed by atoms with van der Waals surface area (Å²) < 4.78 is 0. The van der Waals surface area contributed by atoms with Crippen LogP contribution in [0.15, 0.2) is 29.3 Å². The number of benzene rings is 1. The summed E-state index contributed by atoms with van der Waals surface area (Å²) in [4.78, 5) is 4.31. The van der Waals surface area contributed by atoms with Crippen molar-refractivity contribution in [3.63, 3.8) is 0 Å². The van der Waals surface area contributed by atoms with Crippen LogP contribution in [0.25, 0.3) is 0 Å². The molecule has 0 atom stereocenters. The predicted octanol–water partition coefficient (Wildman–Crippen LogP) is 3.11. The van der Waals surface area contributed by atoms with E-state index >= 15 is 0 Å². The molecule has 0 bridgehead atoms. The van der Waals surface area contributed by atoms with Gasteiger partial charge in [0.2, 0.25) is 0 Å². The molecule has 0 saturated carbocycles. The van der Waals surface area contributed by atoms with Gasteiger partial charge in [0.1, 0.15) is 0 Å². The van der Waals surface area contributed by atoms with Crippen LogP contribution in [0.1, 0.15) is 5.56 Å². The minimum absolute atomic E-state index is 0. The normalized spacial score (nSPS) is 14.1. The predicted molar refractivity (Wildman–Crippen MR) is 73.4 cm³/mol. The third-order valence-corrected chi connectivity index (χ3v) is 3.17. The second-order valence-corrected chi connectivity index (χ2v) is 4.43. The second-order valence-electron chi connectivity index (χ2n) is 3.03. The van der Waals surface area contributed by atoms with Gasteiger partial charge < -0.3 is 5.32 Å². The first kappa shape index (κ1) is 12.9. The SMILES string of the molecule is Br.Clc1cccc(CSC2=NCCN2)c1. The Balaban J connectivity index is 0.00000112. The monoisotopic (exact) mass is 306 g/mol. The fourth-order valence-electron chi connectivity index (χ4n) is 1.25. The van der Waals surface area contributed by atoms with E-state index in [2.05, 4.69) is 16.4 Å². The Morgan fingerprint density at radius 1 is 1.47 bits per heavy atom. The first-order chi connectivity index (χ1) is 6.84. The van der Waals surface area contributed by atoms with Gasteiger partial charge in [0, 0.05) is 17.3 Å². The highest BCUT2D eigenvalue weighted by Gasteiger charge is 2.05. The number of aliphatic imine (C=N–C) groups is 1. The number of hydrogen-bond acceptors (Lipinski definition) is 3. The van der Waals surface area contributed by atoms with Gasteiger partial charge in [0.15, 0.2) is 5.17 Å². The Morgan fingerprint density at radius 2 is 2.33 bits per heavy atom. The lowest BCUT2D eigenvalue weighted by Crippen LogP contribution is -2.14. The van der Waals surface area contributed by atoms with Crippen LogP contribution in [0.3, 0.4) is 0 Å². The first-order valence-corrected chi connectivity index (χ1v) is 5.86. The van der Waals surface area contributed by atoms with Crippen LogP contribution in [0.2, 0.25) is 5.02 Å². The van der Waals surface area contributed by atoms with Crippen molar-refractivity contribution in [3.05, 3.63) is 34.9 Å². The molecule has 15 heavy (non-hydrogen) atoms. The first-order valence-electron chi connectivity index (χ1n) is 4.50. The van der Waals surface area contributed by atoms with E-state index in [-0.39, 0.29) is 17.0 Å². The summed E-state index contributed by atoms with van der Waals surface area (Å²) in [6.07, 6.45) is 0. The lowest BCUT2D eigenvalue weighted by atomic mass is 10.2. The fourth-order valence-corrected chi connectivity index (χ4v) is 2.33. The van der Waals surface area contributed by atoms with Gasteiger partial charge in [-0.2, -0.15) is 0 Å². The molecule has 1 aromatic rings. The van der Waals surface area contributed by atoms with Crippen molar-refractivity contribution >= 4 is 45.5 Å². The van der Waals surface area contributed by atoms with Crippen molar-refractivity contribution in [2.24, 2.45) is 4.99 Å². The molecule has 1 N–H and O–H groups in total. The van der Waals surface area contributed by atoms with Gasteiger partial charge >= 0.3 is 0 Å². The Hall–Kier alpha value is -0.190. The van der Waals surface area contributed by atoms with Crippen LogP contribution in [0.5, 0.6) is 0 Å². The van der Waals surface area contributed by atoms with Gasteiger partial charge in [0.25, 0.3) is 0 Å². The minimum atomic E-state index is 0. The molecule has 0 aliphatic carbocycles. The van der Waals surface area contributed by atoms with Crippen molar-refractivity contribution in [1.29, 1.82) is 0 Å². The summed E-state index contributed by atoms with van der Waals surface area (Å²) in [6.45, 7) is 1.87. The number of hydrogen-bond donors (Lipinski definition) is 1. The third-order valence-electron chi connectivity index (χ3n) is 1.91. The van der Waals surface area contributed by atoms with Crippen molar-refractivity contribution in [3.8, 4) is 0 Å². The number of amidine groups is 1. The second kappa shape index (κ2) is 6.40. The Kier molecular flexibility index (Phi) is 5.50. The van der Waals surface area contributed by atoms with Gasteiger partial charge in [-0.3, -0.25) is 4.99 Å². The molecule has 1 aliphatic rings. The average molecular weight is 308 g/mol.